The fraction of sp³-hybridized carbons (Fsp3) is 0.462. The third-order valence-electron chi connectivity index (χ3n) is 3.13. The van der Waals surface area contributed by atoms with Crippen molar-refractivity contribution >= 4 is 15.9 Å². The zero-order valence-electron chi connectivity index (χ0n) is 11.3. The third-order valence-corrected chi connectivity index (χ3v) is 4.69. The summed E-state index contributed by atoms with van der Waals surface area (Å²) >= 11 is 0. The lowest BCUT2D eigenvalue weighted by Crippen LogP contribution is -2.38. The second-order valence-electron chi connectivity index (χ2n) is 4.97. The van der Waals surface area contributed by atoms with Crippen molar-refractivity contribution in [1.82, 2.24) is 10.0 Å². The zero-order valence-corrected chi connectivity index (χ0v) is 12.2. The molecule has 1 amide bonds. The lowest BCUT2D eigenvalue weighted by molar-refractivity contribution is -0.120. The molecule has 0 bridgehead atoms. The maximum Gasteiger partial charge on any atom is 0.241 e. The van der Waals surface area contributed by atoms with Crippen molar-refractivity contribution in [3.05, 3.63) is 29.3 Å². The van der Waals surface area contributed by atoms with Crippen LogP contribution in [0.1, 0.15) is 24.0 Å². The Morgan fingerprint density at radius 3 is 2.65 bits per heavy atom. The number of rotatable bonds is 6. The van der Waals surface area contributed by atoms with Gasteiger partial charge in [-0.15, -0.1) is 0 Å². The van der Waals surface area contributed by atoms with E-state index in [1.165, 1.54) is 6.07 Å². The van der Waals surface area contributed by atoms with Gasteiger partial charge in [-0.25, -0.2) is 13.1 Å². The molecular formula is C13H19N3O3S. The maximum absolute atomic E-state index is 12.1. The first kappa shape index (κ1) is 15.0. The normalized spacial score (nSPS) is 15.1. The molecule has 0 aromatic heterocycles. The lowest BCUT2D eigenvalue weighted by Gasteiger charge is -2.10. The van der Waals surface area contributed by atoms with Gasteiger partial charge in [-0.3, -0.25) is 4.79 Å². The number of benzene rings is 1. The maximum atomic E-state index is 12.1. The van der Waals surface area contributed by atoms with Gasteiger partial charge in [0.2, 0.25) is 15.9 Å². The highest BCUT2D eigenvalue weighted by Gasteiger charge is 2.24. The van der Waals surface area contributed by atoms with Crippen LogP contribution in [0.5, 0.6) is 0 Å². The molecule has 1 aromatic rings. The smallest absolute Gasteiger partial charge is 0.241 e. The molecule has 1 aliphatic carbocycles. The Labute approximate surface area is 118 Å². The molecule has 7 heteroatoms. The van der Waals surface area contributed by atoms with Gasteiger partial charge in [-0.05, 0) is 37.0 Å². The highest BCUT2D eigenvalue weighted by Crippen LogP contribution is 2.18. The Balaban J connectivity index is 2.03. The quantitative estimate of drug-likeness (QED) is 0.688. The summed E-state index contributed by atoms with van der Waals surface area (Å²) in [5.74, 6) is -0.299. The highest BCUT2D eigenvalue weighted by molar-refractivity contribution is 7.89. The Morgan fingerprint density at radius 2 is 2.10 bits per heavy atom. The van der Waals surface area contributed by atoms with Crippen LogP contribution >= 0.6 is 0 Å². The molecule has 110 valence electrons. The largest absolute Gasteiger partial charge is 0.352 e. The number of nitrogens with two attached hydrogens (primary N) is 1. The minimum atomic E-state index is -3.68. The molecule has 0 spiro atoms. The Hall–Kier alpha value is -1.44. The lowest BCUT2D eigenvalue weighted by atomic mass is 10.1. The van der Waals surface area contributed by atoms with E-state index in [0.717, 1.165) is 18.4 Å². The van der Waals surface area contributed by atoms with Crippen LogP contribution < -0.4 is 15.8 Å². The van der Waals surface area contributed by atoms with Gasteiger partial charge in [0.05, 0.1) is 11.4 Å². The Kier molecular flexibility index (Phi) is 4.42. The molecule has 0 atom stereocenters. The zero-order chi connectivity index (χ0) is 14.8. The summed E-state index contributed by atoms with van der Waals surface area (Å²) in [7, 11) is -3.68. The first-order chi connectivity index (χ1) is 9.42. The molecule has 0 heterocycles. The van der Waals surface area contributed by atoms with Crippen molar-refractivity contribution in [2.75, 3.05) is 6.54 Å². The van der Waals surface area contributed by atoms with Crippen LogP contribution in [-0.2, 0) is 21.4 Å². The van der Waals surface area contributed by atoms with Gasteiger partial charge in [-0.2, -0.15) is 0 Å². The van der Waals surface area contributed by atoms with E-state index >= 15 is 0 Å². The SMILES string of the molecule is Cc1cc(CN)ccc1S(=O)(=O)NCC(=O)NC1CC1. The number of hydrogen-bond acceptors (Lipinski definition) is 4. The van der Waals surface area contributed by atoms with Gasteiger partial charge in [0.25, 0.3) is 0 Å². The van der Waals surface area contributed by atoms with Crippen LogP contribution in [0.3, 0.4) is 0 Å². The number of amides is 1. The van der Waals surface area contributed by atoms with E-state index in [9.17, 15) is 13.2 Å². The molecule has 0 aliphatic heterocycles. The minimum absolute atomic E-state index is 0.175. The van der Waals surface area contributed by atoms with E-state index in [1.54, 1.807) is 19.1 Å². The Bertz CT molecular complexity index is 609. The van der Waals surface area contributed by atoms with Crippen molar-refractivity contribution in [2.45, 2.75) is 37.2 Å². The molecule has 1 fully saturated rings. The van der Waals surface area contributed by atoms with Crippen molar-refractivity contribution in [1.29, 1.82) is 0 Å². The molecule has 6 nitrogen and oxygen atoms in total. The van der Waals surface area contributed by atoms with Crippen molar-refractivity contribution in [2.24, 2.45) is 5.73 Å². The summed E-state index contributed by atoms with van der Waals surface area (Å²) in [5.41, 5.74) is 6.99. The number of carbonyl (C=O) groups excluding carboxylic acids is 1. The number of hydrogen-bond donors (Lipinski definition) is 3. The third kappa shape index (κ3) is 3.78. The van der Waals surface area contributed by atoms with Crippen LogP contribution in [0.2, 0.25) is 0 Å². The van der Waals surface area contributed by atoms with E-state index in [-0.39, 0.29) is 23.4 Å². The van der Waals surface area contributed by atoms with Gasteiger partial charge in [-0.1, -0.05) is 12.1 Å². The van der Waals surface area contributed by atoms with Crippen LogP contribution in [0.15, 0.2) is 23.1 Å². The van der Waals surface area contributed by atoms with Gasteiger partial charge >= 0.3 is 0 Å². The predicted octanol–water partition coefficient (Wildman–Crippen LogP) is 0.0106. The summed E-state index contributed by atoms with van der Waals surface area (Å²) in [6, 6.07) is 5.14. The summed E-state index contributed by atoms with van der Waals surface area (Å²) in [4.78, 5) is 11.7. The highest BCUT2D eigenvalue weighted by atomic mass is 32.2. The van der Waals surface area contributed by atoms with E-state index in [2.05, 4.69) is 10.0 Å². The second kappa shape index (κ2) is 5.90. The molecule has 20 heavy (non-hydrogen) atoms. The van der Waals surface area contributed by atoms with Crippen LogP contribution in [-0.4, -0.2) is 26.9 Å². The van der Waals surface area contributed by atoms with Gasteiger partial charge in [0.1, 0.15) is 0 Å². The summed E-state index contributed by atoms with van der Waals surface area (Å²) in [5, 5.41) is 2.73. The van der Waals surface area contributed by atoms with Crippen molar-refractivity contribution < 1.29 is 13.2 Å². The summed E-state index contributed by atoms with van der Waals surface area (Å²) in [6.45, 7) is 1.83. The number of nitrogens with one attached hydrogen (secondary N) is 2. The molecule has 0 saturated heterocycles. The molecule has 1 aliphatic rings. The van der Waals surface area contributed by atoms with E-state index < -0.39 is 10.0 Å². The number of aryl methyl sites for hydroxylation is 1. The first-order valence-electron chi connectivity index (χ1n) is 6.51. The number of carbonyl (C=O) groups is 1. The predicted molar refractivity (Wildman–Crippen MR) is 75.4 cm³/mol. The van der Waals surface area contributed by atoms with Crippen LogP contribution in [0.4, 0.5) is 0 Å². The molecule has 1 aromatic carbocycles. The molecule has 2 rings (SSSR count). The second-order valence-corrected chi connectivity index (χ2v) is 6.71. The van der Waals surface area contributed by atoms with Crippen molar-refractivity contribution in [3.8, 4) is 0 Å². The van der Waals surface area contributed by atoms with Crippen LogP contribution in [0.25, 0.3) is 0 Å². The van der Waals surface area contributed by atoms with E-state index in [4.69, 9.17) is 5.73 Å². The van der Waals surface area contributed by atoms with Gasteiger partial charge in [0, 0.05) is 12.6 Å². The van der Waals surface area contributed by atoms with Gasteiger partial charge < -0.3 is 11.1 Å². The molecule has 0 radical (unpaired) electrons. The fourth-order valence-electron chi connectivity index (χ4n) is 1.88. The standard InChI is InChI=1S/C13H19N3O3S/c1-9-6-10(7-14)2-5-12(9)20(18,19)15-8-13(17)16-11-3-4-11/h2,5-6,11,15H,3-4,7-8,14H2,1H3,(H,16,17). The first-order valence-corrected chi connectivity index (χ1v) is 7.99. The summed E-state index contributed by atoms with van der Waals surface area (Å²) < 4.78 is 26.6. The number of sulfonamides is 1. The molecule has 1 saturated carbocycles. The van der Waals surface area contributed by atoms with Crippen molar-refractivity contribution in [3.63, 3.8) is 0 Å². The van der Waals surface area contributed by atoms with E-state index in [1.807, 2.05) is 0 Å². The molecule has 0 unspecified atom stereocenters. The summed E-state index contributed by atoms with van der Waals surface area (Å²) in [6.07, 6.45) is 1.94. The fourth-order valence-corrected chi connectivity index (χ4v) is 3.09. The average molecular weight is 297 g/mol. The minimum Gasteiger partial charge on any atom is -0.352 e. The molecule has 4 N–H and O–H groups in total. The monoisotopic (exact) mass is 297 g/mol. The van der Waals surface area contributed by atoms with E-state index in [0.29, 0.717) is 12.1 Å². The average Bonchev–Trinajstić information content (AvgIpc) is 3.20. The molecular weight excluding hydrogens is 278 g/mol. The topological polar surface area (TPSA) is 101 Å². The van der Waals surface area contributed by atoms with Gasteiger partial charge in [0.15, 0.2) is 0 Å². The van der Waals surface area contributed by atoms with Crippen LogP contribution in [0, 0.1) is 6.92 Å². The Morgan fingerprint density at radius 1 is 1.40 bits per heavy atom.